The maximum atomic E-state index is 10.9. The van der Waals surface area contributed by atoms with Crippen molar-refractivity contribution in [3.63, 3.8) is 0 Å². The Morgan fingerprint density at radius 2 is 2.10 bits per heavy atom. The lowest BCUT2D eigenvalue weighted by Gasteiger charge is -1.90. The average Bonchev–Trinajstić information content (AvgIpc) is 2.11. The first kappa shape index (κ1) is 7.06. The van der Waals surface area contributed by atoms with Crippen LogP contribution in [-0.2, 0) is 0 Å². The lowest BCUT2D eigenvalue weighted by molar-refractivity contribution is 0.101. The summed E-state index contributed by atoms with van der Waals surface area (Å²) in [5, 5.41) is 0. The number of hydrogen-bond acceptors (Lipinski definition) is 2. The minimum Gasteiger partial charge on any atom is -0.469 e. The van der Waals surface area contributed by atoms with Crippen LogP contribution in [0.3, 0.4) is 0 Å². The Labute approximate surface area is 59.8 Å². The van der Waals surface area contributed by atoms with E-state index in [1.165, 1.54) is 0 Å². The first-order chi connectivity index (χ1) is 4.63. The molecule has 0 saturated heterocycles. The summed E-state index contributed by atoms with van der Waals surface area (Å²) in [5.41, 5.74) is 1.64. The Balaban J connectivity index is 3.23. The summed E-state index contributed by atoms with van der Waals surface area (Å²) >= 11 is 0. The predicted octanol–water partition coefficient (Wildman–Crippen LogP) is 2.10. The van der Waals surface area contributed by atoms with Crippen LogP contribution in [0.5, 0.6) is 0 Å². The van der Waals surface area contributed by atoms with Gasteiger partial charge in [0, 0.05) is 0 Å². The number of furan rings is 1. The monoisotopic (exact) mass is 138 g/mol. The van der Waals surface area contributed by atoms with E-state index in [9.17, 15) is 4.79 Å². The second kappa shape index (κ2) is 2.29. The summed E-state index contributed by atoms with van der Waals surface area (Å²) in [4.78, 5) is 10.9. The largest absolute Gasteiger partial charge is 0.469 e. The minimum absolute atomic E-state index is 0.0729. The molecule has 0 aliphatic heterocycles. The van der Waals surface area contributed by atoms with Crippen molar-refractivity contribution >= 4 is 5.78 Å². The molecule has 10 heavy (non-hydrogen) atoms. The van der Waals surface area contributed by atoms with Gasteiger partial charge < -0.3 is 4.42 Å². The van der Waals surface area contributed by atoms with E-state index in [4.69, 9.17) is 4.42 Å². The first-order valence-corrected chi connectivity index (χ1v) is 3.18. The van der Waals surface area contributed by atoms with Crippen molar-refractivity contribution in [2.75, 3.05) is 0 Å². The third-order valence-corrected chi connectivity index (χ3v) is 1.51. The molecular weight excluding hydrogens is 128 g/mol. The maximum Gasteiger partial charge on any atom is 0.163 e. The number of hydrogen-bond donors (Lipinski definition) is 0. The van der Waals surface area contributed by atoms with Gasteiger partial charge in [-0.2, -0.15) is 0 Å². The zero-order valence-corrected chi connectivity index (χ0v) is 6.39. The van der Waals surface area contributed by atoms with Crippen LogP contribution >= 0.6 is 0 Å². The van der Waals surface area contributed by atoms with E-state index in [2.05, 4.69) is 0 Å². The third kappa shape index (κ3) is 0.967. The van der Waals surface area contributed by atoms with E-state index in [0.29, 0.717) is 5.76 Å². The molecule has 0 atom stereocenters. The number of aryl methyl sites for hydroxylation is 2. The highest BCUT2D eigenvalue weighted by molar-refractivity contribution is 5.96. The molecule has 0 spiro atoms. The Hall–Kier alpha value is -1.05. The quantitative estimate of drug-likeness (QED) is 0.556. The van der Waals surface area contributed by atoms with Gasteiger partial charge in [0.05, 0.1) is 11.8 Å². The fraction of sp³-hybridized carbons (Fsp3) is 0.375. The summed E-state index contributed by atoms with van der Waals surface area (Å²) in [5.74, 6) is 0.786. The zero-order chi connectivity index (χ0) is 7.72. The van der Waals surface area contributed by atoms with Crippen LogP contribution < -0.4 is 0 Å². The molecule has 0 aliphatic carbocycles. The highest BCUT2D eigenvalue weighted by atomic mass is 16.3. The Kier molecular flexibility index (Phi) is 1.62. The van der Waals surface area contributed by atoms with Crippen molar-refractivity contribution in [3.8, 4) is 0 Å². The highest BCUT2D eigenvalue weighted by Crippen LogP contribution is 2.15. The molecule has 0 aromatic carbocycles. The van der Waals surface area contributed by atoms with Gasteiger partial charge in [-0.15, -0.1) is 0 Å². The molecule has 54 valence electrons. The fourth-order valence-corrected chi connectivity index (χ4v) is 1.10. The molecular formula is C8H10O2. The summed E-state index contributed by atoms with van der Waals surface area (Å²) in [6.45, 7) is 5.21. The van der Waals surface area contributed by atoms with Crippen molar-refractivity contribution in [2.45, 2.75) is 20.8 Å². The molecule has 0 N–H and O–H groups in total. The second-order valence-corrected chi connectivity index (χ2v) is 2.41. The van der Waals surface area contributed by atoms with E-state index in [1.54, 1.807) is 20.1 Å². The van der Waals surface area contributed by atoms with Crippen LogP contribution in [0.2, 0.25) is 0 Å². The summed E-state index contributed by atoms with van der Waals surface area (Å²) in [6.07, 6.45) is 1.60. The summed E-state index contributed by atoms with van der Waals surface area (Å²) < 4.78 is 5.04. The molecule has 0 unspecified atom stereocenters. The smallest absolute Gasteiger partial charge is 0.163 e. The van der Waals surface area contributed by atoms with E-state index in [-0.39, 0.29) is 5.78 Å². The van der Waals surface area contributed by atoms with Crippen LogP contribution in [0.15, 0.2) is 10.7 Å². The molecule has 1 heterocycles. The van der Waals surface area contributed by atoms with Crippen molar-refractivity contribution in [2.24, 2.45) is 0 Å². The molecule has 2 heteroatoms. The maximum absolute atomic E-state index is 10.9. The second-order valence-electron chi connectivity index (χ2n) is 2.41. The van der Waals surface area contributed by atoms with Crippen LogP contribution in [0.25, 0.3) is 0 Å². The molecule has 0 amide bonds. The van der Waals surface area contributed by atoms with E-state index >= 15 is 0 Å². The SMILES string of the molecule is CC(=O)c1c(C)coc1C. The Morgan fingerprint density at radius 1 is 1.50 bits per heavy atom. The molecule has 0 bridgehead atoms. The number of ketones is 1. The van der Waals surface area contributed by atoms with Gasteiger partial charge in [0.25, 0.3) is 0 Å². The number of rotatable bonds is 1. The van der Waals surface area contributed by atoms with Gasteiger partial charge >= 0.3 is 0 Å². The fourth-order valence-electron chi connectivity index (χ4n) is 1.10. The molecule has 1 aromatic rings. The molecule has 0 aliphatic rings. The number of carbonyl (C=O) groups excluding carboxylic acids is 1. The van der Waals surface area contributed by atoms with Gasteiger partial charge in [0.1, 0.15) is 5.76 Å². The molecule has 2 nitrogen and oxygen atoms in total. The van der Waals surface area contributed by atoms with Crippen molar-refractivity contribution < 1.29 is 9.21 Å². The standard InChI is InChI=1S/C8H10O2/c1-5-4-10-7(3)8(5)6(2)9/h4H,1-3H3. The Bertz CT molecular complexity index is 239. The molecule has 0 saturated carbocycles. The van der Waals surface area contributed by atoms with Gasteiger partial charge in [-0.3, -0.25) is 4.79 Å². The average molecular weight is 138 g/mol. The van der Waals surface area contributed by atoms with Crippen LogP contribution in [0.4, 0.5) is 0 Å². The minimum atomic E-state index is 0.0729. The van der Waals surface area contributed by atoms with Crippen molar-refractivity contribution in [1.29, 1.82) is 0 Å². The van der Waals surface area contributed by atoms with Crippen LogP contribution in [-0.4, -0.2) is 5.78 Å². The zero-order valence-electron chi connectivity index (χ0n) is 6.39. The van der Waals surface area contributed by atoms with E-state index < -0.39 is 0 Å². The normalized spacial score (nSPS) is 9.90. The van der Waals surface area contributed by atoms with Gasteiger partial charge in [0.2, 0.25) is 0 Å². The molecule has 0 radical (unpaired) electrons. The van der Waals surface area contributed by atoms with Gasteiger partial charge in [-0.25, -0.2) is 0 Å². The van der Waals surface area contributed by atoms with E-state index in [1.807, 2.05) is 6.92 Å². The first-order valence-electron chi connectivity index (χ1n) is 3.18. The molecule has 0 fully saturated rings. The van der Waals surface area contributed by atoms with Crippen LogP contribution in [0, 0.1) is 13.8 Å². The Morgan fingerprint density at radius 3 is 2.30 bits per heavy atom. The summed E-state index contributed by atoms with van der Waals surface area (Å²) in [6, 6.07) is 0. The van der Waals surface area contributed by atoms with Crippen LogP contribution in [0.1, 0.15) is 28.6 Å². The lowest BCUT2D eigenvalue weighted by atomic mass is 10.1. The highest BCUT2D eigenvalue weighted by Gasteiger charge is 2.09. The van der Waals surface area contributed by atoms with Gasteiger partial charge in [-0.1, -0.05) is 0 Å². The number of Topliss-reactive ketones (excluding diaryl/α,β-unsaturated/α-hetero) is 1. The molecule has 1 aromatic heterocycles. The van der Waals surface area contributed by atoms with Crippen molar-refractivity contribution in [3.05, 3.63) is 23.2 Å². The van der Waals surface area contributed by atoms with Gasteiger partial charge in [0.15, 0.2) is 5.78 Å². The lowest BCUT2D eigenvalue weighted by Crippen LogP contribution is -1.93. The van der Waals surface area contributed by atoms with E-state index in [0.717, 1.165) is 11.1 Å². The predicted molar refractivity (Wildman–Crippen MR) is 38.2 cm³/mol. The number of carbonyl (C=O) groups is 1. The third-order valence-electron chi connectivity index (χ3n) is 1.51. The molecule has 1 rings (SSSR count). The topological polar surface area (TPSA) is 30.2 Å². The summed E-state index contributed by atoms with van der Waals surface area (Å²) in [7, 11) is 0. The van der Waals surface area contributed by atoms with Gasteiger partial charge in [-0.05, 0) is 26.3 Å². The van der Waals surface area contributed by atoms with Crippen molar-refractivity contribution in [1.82, 2.24) is 0 Å².